The van der Waals surface area contributed by atoms with Crippen LogP contribution < -0.4 is 24.3 Å². The number of carbonyl (C=O) groups is 1. The fraction of sp³-hybridized carbons (Fsp3) is 0.350. The minimum absolute atomic E-state index is 0.0545. The zero-order valence-electron chi connectivity index (χ0n) is 15.6. The van der Waals surface area contributed by atoms with Gasteiger partial charge in [-0.25, -0.2) is 0 Å². The molecule has 2 aromatic carbocycles. The highest BCUT2D eigenvalue weighted by Gasteiger charge is 2.16. The topological polar surface area (TPSA) is 66.0 Å². The molecule has 0 aliphatic rings. The van der Waals surface area contributed by atoms with Gasteiger partial charge < -0.3 is 24.3 Å². The molecule has 1 N–H and O–H groups in total. The lowest BCUT2D eigenvalue weighted by atomic mass is 10.1. The lowest BCUT2D eigenvalue weighted by Crippen LogP contribution is -2.28. The summed E-state index contributed by atoms with van der Waals surface area (Å²) < 4.78 is 21.5. The van der Waals surface area contributed by atoms with Gasteiger partial charge in [-0.2, -0.15) is 0 Å². The van der Waals surface area contributed by atoms with Gasteiger partial charge in [-0.1, -0.05) is 19.1 Å². The summed E-state index contributed by atoms with van der Waals surface area (Å²) in [5.74, 6) is 2.04. The molecule has 0 aliphatic heterocycles. The van der Waals surface area contributed by atoms with Crippen LogP contribution in [0.2, 0.25) is 0 Å². The van der Waals surface area contributed by atoms with E-state index < -0.39 is 0 Å². The van der Waals surface area contributed by atoms with Crippen LogP contribution in [0.1, 0.15) is 18.1 Å². The van der Waals surface area contributed by atoms with Crippen LogP contribution >= 0.6 is 0 Å². The Kier molecular flexibility index (Phi) is 7.14. The Morgan fingerprint density at radius 2 is 1.62 bits per heavy atom. The standard InChI is InChI=1S/C20H25NO5/c1-5-14-6-9-16(10-7-14)26-13-18(22)21-12-15-8-11-17(23-2)20(25-4)19(15)24-3/h6-11H,5,12-13H2,1-4H3,(H,21,22). The lowest BCUT2D eigenvalue weighted by Gasteiger charge is -2.16. The summed E-state index contributed by atoms with van der Waals surface area (Å²) in [6.45, 7) is 2.33. The molecular weight excluding hydrogens is 334 g/mol. The molecule has 6 heteroatoms. The summed E-state index contributed by atoms with van der Waals surface area (Å²) in [4.78, 5) is 12.1. The summed E-state index contributed by atoms with van der Waals surface area (Å²) in [5.41, 5.74) is 2.01. The third-order valence-electron chi connectivity index (χ3n) is 3.96. The first-order valence-corrected chi connectivity index (χ1v) is 8.39. The SMILES string of the molecule is CCc1ccc(OCC(=O)NCc2ccc(OC)c(OC)c2OC)cc1. The predicted octanol–water partition coefficient (Wildman–Crippen LogP) is 2.97. The second-order valence-electron chi connectivity index (χ2n) is 5.56. The summed E-state index contributed by atoms with van der Waals surface area (Å²) >= 11 is 0. The third-order valence-corrected chi connectivity index (χ3v) is 3.96. The number of methoxy groups -OCH3 is 3. The first-order valence-electron chi connectivity index (χ1n) is 8.39. The monoisotopic (exact) mass is 359 g/mol. The van der Waals surface area contributed by atoms with Gasteiger partial charge >= 0.3 is 0 Å². The predicted molar refractivity (Wildman–Crippen MR) is 99.3 cm³/mol. The Morgan fingerprint density at radius 3 is 2.19 bits per heavy atom. The van der Waals surface area contributed by atoms with E-state index in [4.69, 9.17) is 18.9 Å². The zero-order chi connectivity index (χ0) is 18.9. The highest BCUT2D eigenvalue weighted by molar-refractivity contribution is 5.77. The van der Waals surface area contributed by atoms with Crippen LogP contribution in [0.25, 0.3) is 0 Å². The maximum Gasteiger partial charge on any atom is 0.258 e. The summed E-state index contributed by atoms with van der Waals surface area (Å²) in [7, 11) is 4.65. The molecule has 26 heavy (non-hydrogen) atoms. The van der Waals surface area contributed by atoms with Crippen molar-refractivity contribution in [2.75, 3.05) is 27.9 Å². The molecule has 0 heterocycles. The summed E-state index contributed by atoms with van der Waals surface area (Å²) in [6.07, 6.45) is 0.966. The minimum atomic E-state index is -0.221. The Morgan fingerprint density at radius 1 is 0.923 bits per heavy atom. The second-order valence-corrected chi connectivity index (χ2v) is 5.56. The van der Waals surface area contributed by atoms with Crippen LogP contribution in [-0.2, 0) is 17.8 Å². The normalized spacial score (nSPS) is 10.2. The number of carbonyl (C=O) groups excluding carboxylic acids is 1. The van der Waals surface area contributed by atoms with E-state index in [0.29, 0.717) is 29.5 Å². The number of aryl methyl sites for hydroxylation is 1. The quantitative estimate of drug-likeness (QED) is 0.746. The third kappa shape index (κ3) is 4.81. The van der Waals surface area contributed by atoms with E-state index >= 15 is 0 Å². The van der Waals surface area contributed by atoms with Gasteiger partial charge in [0, 0.05) is 12.1 Å². The van der Waals surface area contributed by atoms with Gasteiger partial charge in [0.1, 0.15) is 5.75 Å². The van der Waals surface area contributed by atoms with E-state index in [-0.39, 0.29) is 12.5 Å². The van der Waals surface area contributed by atoms with Crippen molar-refractivity contribution < 1.29 is 23.7 Å². The molecule has 0 saturated carbocycles. The van der Waals surface area contributed by atoms with E-state index in [1.165, 1.54) is 5.56 Å². The molecule has 0 aliphatic carbocycles. The van der Waals surface area contributed by atoms with Crippen LogP contribution in [0.3, 0.4) is 0 Å². The molecule has 0 aromatic heterocycles. The molecule has 0 atom stereocenters. The fourth-order valence-corrected chi connectivity index (χ4v) is 2.52. The Balaban J connectivity index is 1.94. The van der Waals surface area contributed by atoms with Gasteiger partial charge in [0.05, 0.1) is 21.3 Å². The van der Waals surface area contributed by atoms with Gasteiger partial charge in [-0.05, 0) is 36.2 Å². The Bertz CT molecular complexity index is 728. The van der Waals surface area contributed by atoms with Gasteiger partial charge in [-0.15, -0.1) is 0 Å². The summed E-state index contributed by atoms with van der Waals surface area (Å²) in [5, 5.41) is 2.81. The van der Waals surface area contributed by atoms with Crippen molar-refractivity contribution in [2.45, 2.75) is 19.9 Å². The van der Waals surface area contributed by atoms with Crippen LogP contribution in [0.5, 0.6) is 23.0 Å². The molecule has 0 radical (unpaired) electrons. The van der Waals surface area contributed by atoms with Gasteiger partial charge in [0.25, 0.3) is 5.91 Å². The molecule has 6 nitrogen and oxygen atoms in total. The fourth-order valence-electron chi connectivity index (χ4n) is 2.52. The number of nitrogens with one attached hydrogen (secondary N) is 1. The number of rotatable bonds is 9. The Labute approximate surface area is 154 Å². The van der Waals surface area contributed by atoms with Crippen LogP contribution in [0.4, 0.5) is 0 Å². The van der Waals surface area contributed by atoms with Crippen molar-refractivity contribution in [3.8, 4) is 23.0 Å². The van der Waals surface area contributed by atoms with Crippen molar-refractivity contribution in [1.29, 1.82) is 0 Å². The van der Waals surface area contributed by atoms with Crippen molar-refractivity contribution in [2.24, 2.45) is 0 Å². The molecule has 0 bridgehead atoms. The average Bonchev–Trinajstić information content (AvgIpc) is 2.69. The van der Waals surface area contributed by atoms with Gasteiger partial charge in [0.2, 0.25) is 5.75 Å². The van der Waals surface area contributed by atoms with E-state index in [9.17, 15) is 4.79 Å². The molecule has 0 unspecified atom stereocenters. The summed E-state index contributed by atoms with van der Waals surface area (Å²) in [6, 6.07) is 11.3. The van der Waals surface area contributed by atoms with Crippen molar-refractivity contribution in [3.05, 3.63) is 47.5 Å². The molecule has 0 fully saturated rings. The molecule has 1 amide bonds. The maximum atomic E-state index is 12.1. The van der Waals surface area contributed by atoms with Crippen molar-refractivity contribution >= 4 is 5.91 Å². The number of amides is 1. The van der Waals surface area contributed by atoms with Gasteiger partial charge in [0.15, 0.2) is 18.1 Å². The molecule has 2 rings (SSSR count). The number of benzene rings is 2. The molecule has 0 spiro atoms. The molecule has 140 valence electrons. The van der Waals surface area contributed by atoms with E-state index in [1.807, 2.05) is 30.3 Å². The largest absolute Gasteiger partial charge is 0.493 e. The highest BCUT2D eigenvalue weighted by atomic mass is 16.5. The van der Waals surface area contributed by atoms with E-state index in [1.54, 1.807) is 27.4 Å². The highest BCUT2D eigenvalue weighted by Crippen LogP contribution is 2.39. The van der Waals surface area contributed by atoms with Crippen LogP contribution in [0, 0.1) is 0 Å². The van der Waals surface area contributed by atoms with Crippen molar-refractivity contribution in [3.63, 3.8) is 0 Å². The van der Waals surface area contributed by atoms with Gasteiger partial charge in [-0.3, -0.25) is 4.79 Å². The smallest absolute Gasteiger partial charge is 0.258 e. The first kappa shape index (κ1) is 19.4. The Hall–Kier alpha value is -2.89. The number of ether oxygens (including phenoxy) is 4. The molecule has 2 aromatic rings. The molecular formula is C20H25NO5. The van der Waals surface area contributed by atoms with Crippen LogP contribution in [0.15, 0.2) is 36.4 Å². The number of hydrogen-bond donors (Lipinski definition) is 1. The van der Waals surface area contributed by atoms with E-state index in [2.05, 4.69) is 12.2 Å². The first-order chi connectivity index (χ1) is 12.6. The average molecular weight is 359 g/mol. The second kappa shape index (κ2) is 9.56. The maximum absolute atomic E-state index is 12.1. The lowest BCUT2D eigenvalue weighted by molar-refractivity contribution is -0.123. The molecule has 0 saturated heterocycles. The van der Waals surface area contributed by atoms with Crippen LogP contribution in [-0.4, -0.2) is 33.8 Å². The zero-order valence-corrected chi connectivity index (χ0v) is 15.6. The van der Waals surface area contributed by atoms with Crippen molar-refractivity contribution in [1.82, 2.24) is 5.32 Å². The van der Waals surface area contributed by atoms with E-state index in [0.717, 1.165) is 12.0 Å². The minimum Gasteiger partial charge on any atom is -0.493 e. The number of hydrogen-bond acceptors (Lipinski definition) is 5.